The molecule has 1 aromatic rings. The van der Waals surface area contributed by atoms with E-state index in [0.29, 0.717) is 0 Å². The number of hydrogen-bond acceptors (Lipinski definition) is 3. The molecule has 18 heavy (non-hydrogen) atoms. The smallest absolute Gasteiger partial charge is 0.320 e. The van der Waals surface area contributed by atoms with Crippen LogP contribution < -0.4 is 0 Å². The molecule has 0 aliphatic carbocycles. The van der Waals surface area contributed by atoms with Crippen molar-refractivity contribution in [2.45, 2.75) is 13.8 Å². The fraction of sp³-hybridized carbons (Fsp3) is 0.538. The van der Waals surface area contributed by atoms with Gasteiger partial charge in [0.1, 0.15) is 0 Å². The number of nitrogens with zero attached hydrogens (tertiary/aromatic N) is 4. The fourth-order valence-electron chi connectivity index (χ4n) is 2.07. The molecule has 0 radical (unpaired) electrons. The Morgan fingerprint density at radius 2 is 2.06 bits per heavy atom. The molecule has 0 bridgehead atoms. The first-order valence-electron chi connectivity index (χ1n) is 6.34. The Labute approximate surface area is 108 Å². The monoisotopic (exact) mass is 248 g/mol. The summed E-state index contributed by atoms with van der Waals surface area (Å²) in [6.07, 6.45) is 5.46. The van der Waals surface area contributed by atoms with Crippen LogP contribution in [0.4, 0.5) is 4.79 Å². The lowest BCUT2D eigenvalue weighted by molar-refractivity contribution is 0.144. The highest BCUT2D eigenvalue weighted by atomic mass is 16.2. The van der Waals surface area contributed by atoms with E-state index in [1.165, 1.54) is 10.3 Å². The number of rotatable bonds is 2. The molecule has 1 aliphatic rings. The molecule has 1 fully saturated rings. The predicted molar refractivity (Wildman–Crippen MR) is 70.5 cm³/mol. The predicted octanol–water partition coefficient (Wildman–Crippen LogP) is 1.44. The molecule has 1 saturated heterocycles. The second-order valence-electron chi connectivity index (χ2n) is 4.63. The second kappa shape index (κ2) is 5.82. The van der Waals surface area contributed by atoms with Gasteiger partial charge in [-0.3, -0.25) is 4.90 Å². The normalized spacial score (nSPS) is 18.1. The summed E-state index contributed by atoms with van der Waals surface area (Å²) in [7, 11) is 0. The van der Waals surface area contributed by atoms with Crippen molar-refractivity contribution in [2.24, 2.45) is 0 Å². The molecule has 0 spiro atoms. The first kappa shape index (κ1) is 12.8. The number of amides is 1. The third-order valence-corrected chi connectivity index (χ3v) is 3.31. The molecule has 0 aromatic carbocycles. The lowest BCUT2D eigenvalue weighted by atomic mass is 10.2. The maximum Gasteiger partial charge on any atom is 0.344 e. The van der Waals surface area contributed by atoms with Gasteiger partial charge in [-0.05, 0) is 19.9 Å². The van der Waals surface area contributed by atoms with Gasteiger partial charge in [-0.1, -0.05) is 11.6 Å². The van der Waals surface area contributed by atoms with Crippen LogP contribution in [0.25, 0.3) is 0 Å². The summed E-state index contributed by atoms with van der Waals surface area (Å²) in [6, 6.07) is 1.74. The van der Waals surface area contributed by atoms with E-state index in [1.807, 2.05) is 4.90 Å². The average Bonchev–Trinajstić information content (AvgIpc) is 2.92. The van der Waals surface area contributed by atoms with E-state index in [9.17, 15) is 4.79 Å². The molecule has 5 nitrogen and oxygen atoms in total. The topological polar surface area (TPSA) is 41.4 Å². The van der Waals surface area contributed by atoms with E-state index in [-0.39, 0.29) is 6.03 Å². The fourth-order valence-corrected chi connectivity index (χ4v) is 2.07. The van der Waals surface area contributed by atoms with E-state index in [0.717, 1.165) is 32.7 Å². The molecular formula is C13H20N4O. The Morgan fingerprint density at radius 1 is 1.33 bits per heavy atom. The van der Waals surface area contributed by atoms with Crippen LogP contribution in [0.5, 0.6) is 0 Å². The van der Waals surface area contributed by atoms with Gasteiger partial charge in [0, 0.05) is 45.1 Å². The minimum Gasteiger partial charge on any atom is -0.320 e. The first-order chi connectivity index (χ1) is 8.70. The van der Waals surface area contributed by atoms with Gasteiger partial charge in [-0.15, -0.1) is 0 Å². The minimum absolute atomic E-state index is 0.0256. The van der Waals surface area contributed by atoms with Gasteiger partial charge in [-0.25, -0.2) is 4.79 Å². The van der Waals surface area contributed by atoms with Crippen molar-refractivity contribution in [3.8, 4) is 0 Å². The zero-order valence-electron chi connectivity index (χ0n) is 11.0. The van der Waals surface area contributed by atoms with Crippen molar-refractivity contribution in [3.05, 3.63) is 30.1 Å². The SMILES string of the molecule is CC=C(C)CN1CCN(C(=O)n2cccn2)CC1. The molecule has 98 valence electrons. The van der Waals surface area contributed by atoms with Crippen molar-refractivity contribution in [3.63, 3.8) is 0 Å². The largest absolute Gasteiger partial charge is 0.344 e. The average molecular weight is 248 g/mol. The highest BCUT2D eigenvalue weighted by Gasteiger charge is 2.22. The van der Waals surface area contributed by atoms with Crippen LogP contribution in [-0.2, 0) is 0 Å². The zero-order chi connectivity index (χ0) is 13.0. The lowest BCUT2D eigenvalue weighted by Crippen LogP contribution is -2.50. The van der Waals surface area contributed by atoms with E-state index < -0.39 is 0 Å². The molecule has 0 saturated carbocycles. The third-order valence-electron chi connectivity index (χ3n) is 3.31. The summed E-state index contributed by atoms with van der Waals surface area (Å²) < 4.78 is 1.40. The number of aromatic nitrogens is 2. The maximum atomic E-state index is 12.0. The quantitative estimate of drug-likeness (QED) is 0.744. The highest BCUT2D eigenvalue weighted by Crippen LogP contribution is 2.06. The number of carbonyl (C=O) groups excluding carboxylic acids is 1. The van der Waals surface area contributed by atoms with E-state index in [1.54, 1.807) is 18.5 Å². The highest BCUT2D eigenvalue weighted by molar-refractivity contribution is 5.75. The van der Waals surface area contributed by atoms with Gasteiger partial charge in [0.05, 0.1) is 0 Å². The molecule has 2 heterocycles. The van der Waals surface area contributed by atoms with Gasteiger partial charge in [0.2, 0.25) is 0 Å². The van der Waals surface area contributed by atoms with Gasteiger partial charge < -0.3 is 4.90 Å². The number of piperazine rings is 1. The molecule has 1 aromatic heterocycles. The zero-order valence-corrected chi connectivity index (χ0v) is 11.0. The van der Waals surface area contributed by atoms with Crippen LogP contribution in [0.1, 0.15) is 13.8 Å². The Balaban J connectivity index is 1.85. The van der Waals surface area contributed by atoms with E-state index >= 15 is 0 Å². The molecule has 1 aliphatic heterocycles. The summed E-state index contributed by atoms with van der Waals surface area (Å²) in [6.45, 7) is 8.61. The van der Waals surface area contributed by atoms with E-state index in [4.69, 9.17) is 0 Å². The molecule has 1 amide bonds. The Hall–Kier alpha value is -1.62. The lowest BCUT2D eigenvalue weighted by Gasteiger charge is -2.34. The van der Waals surface area contributed by atoms with Crippen LogP contribution in [0.15, 0.2) is 30.1 Å². The molecule has 0 unspecified atom stereocenters. The molecule has 5 heteroatoms. The summed E-state index contributed by atoms with van der Waals surface area (Å²) in [4.78, 5) is 16.3. The van der Waals surface area contributed by atoms with Crippen LogP contribution >= 0.6 is 0 Å². The Kier molecular flexibility index (Phi) is 4.15. The van der Waals surface area contributed by atoms with Crippen molar-refractivity contribution in [2.75, 3.05) is 32.7 Å². The van der Waals surface area contributed by atoms with Crippen molar-refractivity contribution in [1.29, 1.82) is 0 Å². The maximum absolute atomic E-state index is 12.0. The summed E-state index contributed by atoms with van der Waals surface area (Å²) in [5.74, 6) is 0. The van der Waals surface area contributed by atoms with Crippen LogP contribution in [0.3, 0.4) is 0 Å². The van der Waals surface area contributed by atoms with Crippen molar-refractivity contribution >= 4 is 6.03 Å². The second-order valence-corrected chi connectivity index (χ2v) is 4.63. The van der Waals surface area contributed by atoms with Crippen molar-refractivity contribution in [1.82, 2.24) is 19.6 Å². The van der Waals surface area contributed by atoms with Gasteiger partial charge >= 0.3 is 6.03 Å². The molecular weight excluding hydrogens is 228 g/mol. The molecule has 2 rings (SSSR count). The van der Waals surface area contributed by atoms with Crippen LogP contribution in [0.2, 0.25) is 0 Å². The number of allylic oxidation sites excluding steroid dienone is 1. The van der Waals surface area contributed by atoms with Crippen LogP contribution in [-0.4, -0.2) is 58.3 Å². The summed E-state index contributed by atoms with van der Waals surface area (Å²) in [5, 5.41) is 3.97. The third kappa shape index (κ3) is 2.98. The standard InChI is InChI=1S/C13H20N4O/c1-3-12(2)11-15-7-9-16(10-8-15)13(18)17-6-4-5-14-17/h3-6H,7-11H2,1-2H3. The molecule has 0 atom stereocenters. The Morgan fingerprint density at radius 3 is 2.61 bits per heavy atom. The minimum atomic E-state index is -0.0256. The molecule has 0 N–H and O–H groups in total. The first-order valence-corrected chi connectivity index (χ1v) is 6.34. The van der Waals surface area contributed by atoms with Crippen LogP contribution in [0, 0.1) is 0 Å². The number of carbonyl (C=O) groups is 1. The van der Waals surface area contributed by atoms with Gasteiger partial charge in [-0.2, -0.15) is 9.78 Å². The summed E-state index contributed by atoms with van der Waals surface area (Å²) in [5.41, 5.74) is 1.38. The van der Waals surface area contributed by atoms with E-state index in [2.05, 4.69) is 29.9 Å². The van der Waals surface area contributed by atoms with Gasteiger partial charge in [0.25, 0.3) is 0 Å². The summed E-state index contributed by atoms with van der Waals surface area (Å²) >= 11 is 0. The van der Waals surface area contributed by atoms with Crippen molar-refractivity contribution < 1.29 is 4.79 Å². The van der Waals surface area contributed by atoms with Gasteiger partial charge in [0.15, 0.2) is 0 Å². The Bertz CT molecular complexity index is 416. The number of hydrogen-bond donors (Lipinski definition) is 0.